The van der Waals surface area contributed by atoms with Crippen molar-refractivity contribution in [3.8, 4) is 5.75 Å². The number of rotatable bonds is 5. The lowest BCUT2D eigenvalue weighted by atomic mass is 10.0. The van der Waals surface area contributed by atoms with Crippen molar-refractivity contribution >= 4 is 7.60 Å². The summed E-state index contributed by atoms with van der Waals surface area (Å²) in [6.45, 7) is 3.78. The van der Waals surface area contributed by atoms with Gasteiger partial charge in [0.1, 0.15) is 5.75 Å². The zero-order chi connectivity index (χ0) is 12.2. The van der Waals surface area contributed by atoms with Crippen LogP contribution in [0.3, 0.4) is 0 Å². The summed E-state index contributed by atoms with van der Waals surface area (Å²) in [5.41, 5.74) is 0.909. The summed E-state index contributed by atoms with van der Waals surface area (Å²) >= 11 is 0. The van der Waals surface area contributed by atoms with Crippen molar-refractivity contribution in [3.05, 3.63) is 29.8 Å². The first-order valence-electron chi connectivity index (χ1n) is 5.20. The number of phenolic OH excluding ortho intramolecular Hbond substituents is 1. The van der Waals surface area contributed by atoms with Gasteiger partial charge in [-0.2, -0.15) is 0 Å². The van der Waals surface area contributed by atoms with E-state index in [1.807, 2.05) is 6.92 Å². The van der Waals surface area contributed by atoms with Gasteiger partial charge >= 0.3 is 7.60 Å². The Bertz CT molecular complexity index is 374. The Morgan fingerprint density at radius 2 is 1.94 bits per heavy atom. The zero-order valence-electron chi connectivity index (χ0n) is 9.46. The molecule has 1 rings (SSSR count). The minimum atomic E-state index is -3.49. The third kappa shape index (κ3) is 3.97. The van der Waals surface area contributed by atoms with Crippen LogP contribution in [0, 0.1) is 0 Å². The first kappa shape index (κ1) is 13.2. The summed E-state index contributed by atoms with van der Waals surface area (Å²) in [5.74, 6) is 0.107. The lowest BCUT2D eigenvalue weighted by Gasteiger charge is -2.16. The predicted molar refractivity (Wildman–Crippen MR) is 62.8 cm³/mol. The molecule has 2 atom stereocenters. The average Bonchev–Trinajstić information content (AvgIpc) is 2.17. The lowest BCUT2D eigenvalue weighted by molar-refractivity contribution is 0.272. The summed E-state index contributed by atoms with van der Waals surface area (Å²) < 4.78 is 16.4. The van der Waals surface area contributed by atoms with Crippen LogP contribution < -0.4 is 0 Å². The van der Waals surface area contributed by atoms with E-state index in [0.717, 1.165) is 5.56 Å². The van der Waals surface area contributed by atoms with Gasteiger partial charge in [-0.3, -0.25) is 4.57 Å². The molecule has 2 unspecified atom stereocenters. The van der Waals surface area contributed by atoms with Crippen molar-refractivity contribution in [2.24, 2.45) is 0 Å². The summed E-state index contributed by atoms with van der Waals surface area (Å²) in [5, 5.41) is 9.13. The molecule has 0 amide bonds. The Morgan fingerprint density at radius 3 is 2.44 bits per heavy atom. The zero-order valence-corrected chi connectivity index (χ0v) is 10.4. The van der Waals surface area contributed by atoms with Crippen molar-refractivity contribution in [2.45, 2.75) is 19.8 Å². The van der Waals surface area contributed by atoms with E-state index in [1.165, 1.54) is 0 Å². The highest BCUT2D eigenvalue weighted by Gasteiger charge is 2.23. The highest BCUT2D eigenvalue weighted by molar-refractivity contribution is 7.52. The molecule has 1 aromatic carbocycles. The number of benzene rings is 1. The molecule has 0 bridgehead atoms. The maximum Gasteiger partial charge on any atom is 0.328 e. The molecule has 16 heavy (non-hydrogen) atoms. The molecule has 1 aromatic rings. The number of hydrogen-bond acceptors (Lipinski definition) is 3. The van der Waals surface area contributed by atoms with E-state index in [-0.39, 0.29) is 24.4 Å². The topological polar surface area (TPSA) is 66.8 Å². The van der Waals surface area contributed by atoms with Gasteiger partial charge in [-0.05, 0) is 30.5 Å². The lowest BCUT2D eigenvalue weighted by Crippen LogP contribution is -2.03. The average molecular weight is 244 g/mol. The van der Waals surface area contributed by atoms with Crippen LogP contribution in [0.5, 0.6) is 5.75 Å². The second-order valence-electron chi connectivity index (χ2n) is 3.73. The third-order valence-electron chi connectivity index (χ3n) is 2.30. The minimum Gasteiger partial charge on any atom is -0.508 e. The molecule has 0 aliphatic carbocycles. The summed E-state index contributed by atoms with van der Waals surface area (Å²) in [7, 11) is -3.49. The van der Waals surface area contributed by atoms with E-state index < -0.39 is 7.60 Å². The first-order valence-corrected chi connectivity index (χ1v) is 6.96. The van der Waals surface area contributed by atoms with E-state index in [9.17, 15) is 9.46 Å². The first-order chi connectivity index (χ1) is 7.44. The van der Waals surface area contributed by atoms with Crippen LogP contribution in [0.15, 0.2) is 24.3 Å². The van der Waals surface area contributed by atoms with E-state index in [4.69, 9.17) is 9.63 Å². The van der Waals surface area contributed by atoms with Gasteiger partial charge in [-0.25, -0.2) is 0 Å². The molecule has 0 radical (unpaired) electrons. The van der Waals surface area contributed by atoms with Crippen LogP contribution in [0.1, 0.15) is 25.3 Å². The van der Waals surface area contributed by atoms with Crippen LogP contribution in [0.4, 0.5) is 0 Å². The van der Waals surface area contributed by atoms with E-state index >= 15 is 0 Å². The molecule has 0 heterocycles. The van der Waals surface area contributed by atoms with E-state index in [2.05, 4.69) is 0 Å². The Kier molecular flexibility index (Phi) is 4.54. The smallest absolute Gasteiger partial charge is 0.328 e. The number of phenols is 1. The van der Waals surface area contributed by atoms with Gasteiger partial charge in [0.25, 0.3) is 0 Å². The van der Waals surface area contributed by atoms with Gasteiger partial charge in [0, 0.05) is 0 Å². The highest BCUT2D eigenvalue weighted by Crippen LogP contribution is 2.45. The van der Waals surface area contributed by atoms with Crippen molar-refractivity contribution in [2.75, 3.05) is 12.8 Å². The second-order valence-corrected chi connectivity index (χ2v) is 5.63. The summed E-state index contributed by atoms with van der Waals surface area (Å²) in [6, 6.07) is 6.61. The largest absolute Gasteiger partial charge is 0.508 e. The molecule has 90 valence electrons. The molecule has 0 saturated heterocycles. The molecule has 0 saturated carbocycles. The molecule has 0 aliphatic rings. The van der Waals surface area contributed by atoms with Crippen LogP contribution in [-0.4, -0.2) is 22.8 Å². The summed E-state index contributed by atoms with van der Waals surface area (Å²) in [4.78, 5) is 9.48. The van der Waals surface area contributed by atoms with Gasteiger partial charge < -0.3 is 14.5 Å². The Morgan fingerprint density at radius 1 is 1.38 bits per heavy atom. The van der Waals surface area contributed by atoms with Gasteiger partial charge in [0.2, 0.25) is 0 Å². The minimum absolute atomic E-state index is 0.0806. The quantitative estimate of drug-likeness (QED) is 0.781. The standard InChI is InChI=1S/C11H17O4P/c1-3-15-16(13,14)8-9(2)10-4-6-11(12)7-5-10/h4-7,9,12H,3,8H2,1-2H3,(H,13,14). The normalized spacial score (nSPS) is 16.7. The Hall–Kier alpha value is -0.830. The fourth-order valence-corrected chi connectivity index (χ4v) is 2.92. The fraction of sp³-hybridized carbons (Fsp3) is 0.455. The molecule has 2 N–H and O–H groups in total. The maximum absolute atomic E-state index is 11.5. The molecule has 4 nitrogen and oxygen atoms in total. The van der Waals surface area contributed by atoms with Gasteiger partial charge in [-0.15, -0.1) is 0 Å². The fourth-order valence-electron chi connectivity index (χ4n) is 1.51. The molecule has 0 aromatic heterocycles. The number of aromatic hydroxyl groups is 1. The second kappa shape index (κ2) is 5.48. The Balaban J connectivity index is 2.68. The van der Waals surface area contributed by atoms with Gasteiger partial charge in [0.15, 0.2) is 0 Å². The Labute approximate surface area is 95.4 Å². The van der Waals surface area contributed by atoms with Crippen molar-refractivity contribution in [1.29, 1.82) is 0 Å². The molecule has 0 aliphatic heterocycles. The van der Waals surface area contributed by atoms with E-state index in [1.54, 1.807) is 31.2 Å². The molecule has 0 fully saturated rings. The molecular formula is C11H17O4P. The van der Waals surface area contributed by atoms with Crippen molar-refractivity contribution in [3.63, 3.8) is 0 Å². The SMILES string of the molecule is CCOP(=O)(O)CC(C)c1ccc(O)cc1. The number of hydrogen-bond donors (Lipinski definition) is 2. The van der Waals surface area contributed by atoms with Gasteiger partial charge in [0.05, 0.1) is 12.8 Å². The highest BCUT2D eigenvalue weighted by atomic mass is 31.2. The predicted octanol–water partition coefficient (Wildman–Crippen LogP) is 2.72. The van der Waals surface area contributed by atoms with Crippen LogP contribution in [0.2, 0.25) is 0 Å². The van der Waals surface area contributed by atoms with Crippen LogP contribution >= 0.6 is 7.60 Å². The summed E-state index contributed by atoms with van der Waals surface area (Å²) in [6.07, 6.45) is 0.0889. The van der Waals surface area contributed by atoms with Crippen molar-refractivity contribution in [1.82, 2.24) is 0 Å². The molecular weight excluding hydrogens is 227 g/mol. The molecule has 5 heteroatoms. The monoisotopic (exact) mass is 244 g/mol. The van der Waals surface area contributed by atoms with Crippen LogP contribution in [-0.2, 0) is 9.09 Å². The maximum atomic E-state index is 11.5. The van der Waals surface area contributed by atoms with E-state index in [0.29, 0.717) is 0 Å². The third-order valence-corrected chi connectivity index (χ3v) is 3.97. The molecule has 0 spiro atoms. The van der Waals surface area contributed by atoms with Gasteiger partial charge in [-0.1, -0.05) is 19.1 Å². The van der Waals surface area contributed by atoms with Crippen molar-refractivity contribution < 1.29 is 19.1 Å². The van der Waals surface area contributed by atoms with Crippen LogP contribution in [0.25, 0.3) is 0 Å².